The van der Waals surface area contributed by atoms with Gasteiger partial charge in [0.15, 0.2) is 10.3 Å². The lowest BCUT2D eigenvalue weighted by Gasteiger charge is -2.40. The van der Waals surface area contributed by atoms with Gasteiger partial charge in [0.1, 0.15) is 0 Å². The van der Waals surface area contributed by atoms with Gasteiger partial charge < -0.3 is 14.8 Å². The van der Waals surface area contributed by atoms with Crippen LogP contribution in [0, 0.1) is 0 Å². The molecule has 27 heavy (non-hydrogen) atoms. The summed E-state index contributed by atoms with van der Waals surface area (Å²) in [6.07, 6.45) is 1.81. The summed E-state index contributed by atoms with van der Waals surface area (Å²) in [5.74, 6) is 0.237. The van der Waals surface area contributed by atoms with E-state index in [4.69, 9.17) is 0 Å². The highest BCUT2D eigenvalue weighted by Crippen LogP contribution is 2.26. The molecule has 2 unspecified atom stereocenters. The van der Waals surface area contributed by atoms with Gasteiger partial charge in [-0.3, -0.25) is 9.59 Å². The highest BCUT2D eigenvalue weighted by molar-refractivity contribution is 8.00. The Morgan fingerprint density at radius 2 is 2.15 bits per heavy atom. The van der Waals surface area contributed by atoms with Gasteiger partial charge in [-0.2, -0.15) is 0 Å². The van der Waals surface area contributed by atoms with Crippen molar-refractivity contribution in [3.63, 3.8) is 0 Å². The molecule has 0 aromatic carbocycles. The molecular formula is C18H25N5O2S2. The van der Waals surface area contributed by atoms with Gasteiger partial charge in [0.2, 0.25) is 5.91 Å². The summed E-state index contributed by atoms with van der Waals surface area (Å²) >= 11 is 2.93. The Balaban J connectivity index is 1.64. The number of nitrogens with zero attached hydrogens (tertiary/aromatic N) is 4. The molecule has 0 bridgehead atoms. The van der Waals surface area contributed by atoms with Crippen LogP contribution >= 0.6 is 23.1 Å². The molecule has 3 rings (SSSR count). The Bertz CT molecular complexity index is 837. The number of thiazole rings is 1. The van der Waals surface area contributed by atoms with Gasteiger partial charge in [-0.25, -0.2) is 9.97 Å². The SMILES string of the molecule is CC(Sc1nc(C(C)C)cc(=O)[nH]1)C(=O)N1CCN(c2nccs2)C(C)C1. The average Bonchev–Trinajstić information content (AvgIpc) is 3.14. The van der Waals surface area contributed by atoms with Crippen molar-refractivity contribution in [1.82, 2.24) is 19.9 Å². The zero-order chi connectivity index (χ0) is 19.6. The molecule has 146 valence electrons. The summed E-state index contributed by atoms with van der Waals surface area (Å²) in [4.78, 5) is 40.5. The maximum atomic E-state index is 12.9. The number of aromatic amines is 1. The third-order valence-electron chi connectivity index (χ3n) is 4.57. The fourth-order valence-corrected chi connectivity index (χ4v) is 4.75. The van der Waals surface area contributed by atoms with Crippen molar-refractivity contribution in [2.45, 2.75) is 50.1 Å². The first-order valence-corrected chi connectivity index (χ1v) is 10.8. The van der Waals surface area contributed by atoms with E-state index in [0.29, 0.717) is 18.2 Å². The number of carbonyl (C=O) groups excluding carboxylic acids is 1. The number of amides is 1. The minimum atomic E-state index is -0.311. The van der Waals surface area contributed by atoms with Crippen molar-refractivity contribution < 1.29 is 4.79 Å². The van der Waals surface area contributed by atoms with Crippen LogP contribution in [0.5, 0.6) is 0 Å². The number of hydrogen-bond acceptors (Lipinski definition) is 7. The second-order valence-electron chi connectivity index (χ2n) is 7.03. The smallest absolute Gasteiger partial charge is 0.251 e. The van der Waals surface area contributed by atoms with E-state index in [-0.39, 0.29) is 28.7 Å². The molecule has 0 radical (unpaired) electrons. The molecule has 3 heterocycles. The van der Waals surface area contributed by atoms with Crippen LogP contribution in [0.25, 0.3) is 0 Å². The molecule has 2 aromatic heterocycles. The molecule has 7 nitrogen and oxygen atoms in total. The fourth-order valence-electron chi connectivity index (χ4n) is 3.08. The minimum absolute atomic E-state index is 0.0724. The number of thioether (sulfide) groups is 1. The summed E-state index contributed by atoms with van der Waals surface area (Å²) in [7, 11) is 0. The van der Waals surface area contributed by atoms with Crippen LogP contribution in [0.3, 0.4) is 0 Å². The standard InChI is InChI=1S/C18H25N5O2S2/c1-11(2)14-9-15(24)21-17(20-14)27-13(4)16(25)22-6-7-23(12(3)10-22)18-19-5-8-26-18/h5,8-9,11-13H,6-7,10H2,1-4H3,(H,20,21,24). The van der Waals surface area contributed by atoms with Gasteiger partial charge in [0.25, 0.3) is 5.56 Å². The van der Waals surface area contributed by atoms with Gasteiger partial charge in [-0.15, -0.1) is 11.3 Å². The van der Waals surface area contributed by atoms with Crippen LogP contribution in [-0.2, 0) is 4.79 Å². The average molecular weight is 408 g/mol. The Morgan fingerprint density at radius 3 is 2.78 bits per heavy atom. The Morgan fingerprint density at radius 1 is 1.37 bits per heavy atom. The molecular weight excluding hydrogens is 382 g/mol. The Kier molecular flexibility index (Phi) is 6.21. The minimum Gasteiger partial charge on any atom is -0.342 e. The number of rotatable bonds is 5. The molecule has 0 aliphatic carbocycles. The second kappa shape index (κ2) is 8.43. The maximum Gasteiger partial charge on any atom is 0.251 e. The van der Waals surface area contributed by atoms with E-state index >= 15 is 0 Å². The highest BCUT2D eigenvalue weighted by Gasteiger charge is 2.30. The summed E-state index contributed by atoms with van der Waals surface area (Å²) < 4.78 is 0. The van der Waals surface area contributed by atoms with Crippen molar-refractivity contribution in [2.24, 2.45) is 0 Å². The van der Waals surface area contributed by atoms with Crippen LogP contribution in [0.2, 0.25) is 0 Å². The van der Waals surface area contributed by atoms with Crippen LogP contribution in [0.15, 0.2) is 27.6 Å². The van der Waals surface area contributed by atoms with Crippen LogP contribution in [0.4, 0.5) is 5.13 Å². The van der Waals surface area contributed by atoms with Crippen molar-refractivity contribution in [3.05, 3.63) is 33.7 Å². The predicted octanol–water partition coefficient (Wildman–Crippen LogP) is 2.57. The lowest BCUT2D eigenvalue weighted by molar-refractivity contribution is -0.131. The summed E-state index contributed by atoms with van der Waals surface area (Å²) in [6.45, 7) is 10.1. The molecule has 0 saturated carbocycles. The quantitative estimate of drug-likeness (QED) is 0.606. The lowest BCUT2D eigenvalue weighted by Crippen LogP contribution is -2.55. The summed E-state index contributed by atoms with van der Waals surface area (Å²) in [6, 6.07) is 1.73. The number of piperazine rings is 1. The zero-order valence-electron chi connectivity index (χ0n) is 16.0. The molecule has 1 aliphatic heterocycles. The molecule has 0 spiro atoms. The maximum absolute atomic E-state index is 12.9. The molecule has 2 aromatic rings. The van der Waals surface area contributed by atoms with Gasteiger partial charge in [0.05, 0.1) is 10.9 Å². The first-order valence-electron chi connectivity index (χ1n) is 9.08. The number of carbonyl (C=O) groups is 1. The number of anilines is 1. The first-order chi connectivity index (χ1) is 12.8. The lowest BCUT2D eigenvalue weighted by atomic mass is 10.1. The van der Waals surface area contributed by atoms with Crippen molar-refractivity contribution in [1.29, 1.82) is 0 Å². The normalized spacial score (nSPS) is 18.8. The topological polar surface area (TPSA) is 82.2 Å². The van der Waals surface area contributed by atoms with Crippen molar-refractivity contribution in [2.75, 3.05) is 24.5 Å². The number of nitrogens with one attached hydrogen (secondary N) is 1. The number of hydrogen-bond donors (Lipinski definition) is 1. The van der Waals surface area contributed by atoms with Crippen LogP contribution in [-0.4, -0.2) is 56.7 Å². The second-order valence-corrected chi connectivity index (χ2v) is 9.23. The van der Waals surface area contributed by atoms with E-state index in [1.165, 1.54) is 17.8 Å². The summed E-state index contributed by atoms with van der Waals surface area (Å²) in [5, 5.41) is 3.16. The molecule has 1 fully saturated rings. The van der Waals surface area contributed by atoms with E-state index in [1.807, 2.05) is 37.2 Å². The molecule has 1 aliphatic rings. The molecule has 1 amide bonds. The first kappa shape index (κ1) is 19.9. The Hall–Kier alpha value is -1.87. The molecule has 9 heteroatoms. The monoisotopic (exact) mass is 407 g/mol. The van der Waals surface area contributed by atoms with Crippen molar-refractivity contribution >= 4 is 34.1 Å². The third-order valence-corrected chi connectivity index (χ3v) is 6.35. The fraction of sp³-hybridized carbons (Fsp3) is 0.556. The highest BCUT2D eigenvalue weighted by atomic mass is 32.2. The molecule has 1 saturated heterocycles. The van der Waals surface area contributed by atoms with Gasteiger partial charge >= 0.3 is 0 Å². The van der Waals surface area contributed by atoms with Gasteiger partial charge in [0, 0.05) is 43.3 Å². The van der Waals surface area contributed by atoms with E-state index in [0.717, 1.165) is 17.4 Å². The number of H-pyrrole nitrogens is 1. The van der Waals surface area contributed by atoms with E-state index < -0.39 is 0 Å². The van der Waals surface area contributed by atoms with E-state index in [9.17, 15) is 9.59 Å². The van der Waals surface area contributed by atoms with Crippen LogP contribution in [0.1, 0.15) is 39.3 Å². The molecule has 1 N–H and O–H groups in total. The largest absolute Gasteiger partial charge is 0.342 e. The van der Waals surface area contributed by atoms with Crippen molar-refractivity contribution in [3.8, 4) is 0 Å². The van der Waals surface area contributed by atoms with E-state index in [2.05, 4.69) is 26.8 Å². The number of aromatic nitrogens is 3. The Labute approximate surface area is 167 Å². The summed E-state index contributed by atoms with van der Waals surface area (Å²) in [5.41, 5.74) is 0.563. The van der Waals surface area contributed by atoms with Gasteiger partial charge in [-0.05, 0) is 19.8 Å². The van der Waals surface area contributed by atoms with Gasteiger partial charge in [-0.1, -0.05) is 25.6 Å². The third kappa shape index (κ3) is 4.70. The zero-order valence-corrected chi connectivity index (χ0v) is 17.6. The van der Waals surface area contributed by atoms with E-state index in [1.54, 1.807) is 11.3 Å². The predicted molar refractivity (Wildman–Crippen MR) is 110 cm³/mol. The van der Waals surface area contributed by atoms with Crippen LogP contribution < -0.4 is 10.5 Å². The molecule has 2 atom stereocenters.